The van der Waals surface area contributed by atoms with Crippen LogP contribution >= 0.6 is 0 Å². The van der Waals surface area contributed by atoms with Crippen molar-refractivity contribution in [1.29, 1.82) is 0 Å². The molecule has 0 aliphatic rings. The minimum atomic E-state index is -4.58. The zero-order valence-corrected chi connectivity index (χ0v) is 14.3. The Morgan fingerprint density at radius 2 is 2.00 bits per heavy atom. The smallest absolute Gasteiger partial charge is 0.421 e. The lowest BCUT2D eigenvalue weighted by atomic mass is 10.2. The Kier molecular flexibility index (Phi) is 6.06. The molecule has 1 aromatic carbocycles. The van der Waals surface area contributed by atoms with Gasteiger partial charge in [0.15, 0.2) is 5.82 Å². The zero-order valence-electron chi connectivity index (χ0n) is 14.3. The number of methoxy groups -OCH3 is 1. The number of anilines is 2. The first-order chi connectivity index (χ1) is 11.9. The minimum Gasteiger partial charge on any atom is -0.494 e. The second-order valence-corrected chi connectivity index (χ2v) is 5.35. The number of ether oxygens (including phenoxy) is 2. The summed E-state index contributed by atoms with van der Waals surface area (Å²) in [4.78, 5) is 8.77. The van der Waals surface area contributed by atoms with Gasteiger partial charge in [0.1, 0.15) is 11.3 Å². The molecule has 0 aliphatic heterocycles. The molecule has 0 bridgehead atoms. The molecule has 8 heteroatoms. The van der Waals surface area contributed by atoms with Gasteiger partial charge in [0, 0.05) is 25.0 Å². The summed E-state index contributed by atoms with van der Waals surface area (Å²) in [7, 11) is 2.80. The number of rotatable bonds is 7. The van der Waals surface area contributed by atoms with Crippen LogP contribution in [0.5, 0.6) is 11.8 Å². The Morgan fingerprint density at radius 3 is 2.64 bits per heavy atom. The largest absolute Gasteiger partial charge is 0.494 e. The maximum Gasteiger partial charge on any atom is 0.421 e. The Bertz CT molecular complexity index is 708. The van der Waals surface area contributed by atoms with Crippen LogP contribution in [0.25, 0.3) is 0 Å². The van der Waals surface area contributed by atoms with E-state index >= 15 is 0 Å². The lowest BCUT2D eigenvalue weighted by molar-refractivity contribution is -0.137. The van der Waals surface area contributed by atoms with E-state index in [2.05, 4.69) is 16.9 Å². The molecule has 0 unspecified atom stereocenters. The van der Waals surface area contributed by atoms with E-state index < -0.39 is 11.7 Å². The third kappa shape index (κ3) is 4.74. The Balaban J connectivity index is 2.36. The average molecular weight is 355 g/mol. The molecule has 0 amide bonds. The van der Waals surface area contributed by atoms with Gasteiger partial charge in [0.2, 0.25) is 0 Å². The Hall–Kier alpha value is -2.51. The number of hydrogen-bond donors (Lipinski definition) is 0. The van der Waals surface area contributed by atoms with Gasteiger partial charge >= 0.3 is 12.2 Å². The highest BCUT2D eigenvalue weighted by Crippen LogP contribution is 2.38. The topological polar surface area (TPSA) is 47.5 Å². The van der Waals surface area contributed by atoms with Crippen LogP contribution in [-0.4, -0.2) is 30.7 Å². The van der Waals surface area contributed by atoms with Crippen LogP contribution in [0, 0.1) is 0 Å². The van der Waals surface area contributed by atoms with Crippen molar-refractivity contribution in [2.75, 3.05) is 25.7 Å². The first-order valence-corrected chi connectivity index (χ1v) is 7.81. The Morgan fingerprint density at radius 1 is 1.24 bits per heavy atom. The number of aromatic nitrogens is 2. The van der Waals surface area contributed by atoms with Gasteiger partial charge in [-0.2, -0.15) is 18.2 Å². The molecule has 0 fully saturated rings. The van der Waals surface area contributed by atoms with Crippen molar-refractivity contribution in [3.8, 4) is 11.8 Å². The van der Waals surface area contributed by atoms with Crippen LogP contribution in [0.15, 0.2) is 30.5 Å². The summed E-state index contributed by atoms with van der Waals surface area (Å²) in [6.07, 6.45) is -1.96. The zero-order chi connectivity index (χ0) is 18.4. The van der Waals surface area contributed by atoms with Crippen LogP contribution in [0.2, 0.25) is 0 Å². The molecule has 0 N–H and O–H groups in total. The number of nitrogens with zero attached hydrogens (tertiary/aromatic N) is 3. The maximum absolute atomic E-state index is 13.3. The molecule has 136 valence electrons. The molecular formula is C17H20F3N3O2. The fraction of sp³-hybridized carbons (Fsp3) is 0.412. The van der Waals surface area contributed by atoms with Crippen LogP contribution in [0.3, 0.4) is 0 Å². The molecule has 1 aromatic heterocycles. The second-order valence-electron chi connectivity index (χ2n) is 5.35. The summed E-state index contributed by atoms with van der Waals surface area (Å²) in [5, 5.41) is 0. The van der Waals surface area contributed by atoms with Crippen molar-refractivity contribution in [1.82, 2.24) is 9.97 Å². The third-order valence-electron chi connectivity index (χ3n) is 3.52. The fourth-order valence-corrected chi connectivity index (χ4v) is 2.15. The third-order valence-corrected chi connectivity index (χ3v) is 3.52. The van der Waals surface area contributed by atoms with Crippen LogP contribution in [0.4, 0.5) is 24.7 Å². The van der Waals surface area contributed by atoms with E-state index in [1.165, 1.54) is 19.1 Å². The van der Waals surface area contributed by atoms with E-state index in [0.717, 1.165) is 19.0 Å². The molecule has 0 spiro atoms. The molecule has 0 atom stereocenters. The normalized spacial score (nSPS) is 11.3. The second kappa shape index (κ2) is 8.04. The van der Waals surface area contributed by atoms with E-state index in [1.807, 2.05) is 0 Å². The Labute approximate surface area is 144 Å². The highest BCUT2D eigenvalue weighted by atomic mass is 19.4. The van der Waals surface area contributed by atoms with Crippen molar-refractivity contribution in [3.63, 3.8) is 0 Å². The predicted molar refractivity (Wildman–Crippen MR) is 88.5 cm³/mol. The molecule has 0 aliphatic carbocycles. The first-order valence-electron chi connectivity index (χ1n) is 7.81. The quantitative estimate of drug-likeness (QED) is 0.687. The maximum atomic E-state index is 13.3. The molecule has 25 heavy (non-hydrogen) atoms. The van der Waals surface area contributed by atoms with Crippen molar-refractivity contribution in [2.24, 2.45) is 0 Å². The van der Waals surface area contributed by atoms with Crippen molar-refractivity contribution < 1.29 is 22.6 Å². The summed E-state index contributed by atoms with van der Waals surface area (Å²) in [5.74, 6) is 0.303. The number of hydrogen-bond acceptors (Lipinski definition) is 5. The number of unbranched alkanes of at least 4 members (excludes halogenated alkanes) is 1. The lowest BCUT2D eigenvalue weighted by Gasteiger charge is -2.22. The fourth-order valence-electron chi connectivity index (χ4n) is 2.15. The van der Waals surface area contributed by atoms with Crippen molar-refractivity contribution in [3.05, 3.63) is 36.0 Å². The molecule has 2 aromatic rings. The van der Waals surface area contributed by atoms with Gasteiger partial charge in [-0.3, -0.25) is 0 Å². The molecule has 1 heterocycles. The minimum absolute atomic E-state index is 0.134. The summed E-state index contributed by atoms with van der Waals surface area (Å²) in [5.41, 5.74) is -0.423. The van der Waals surface area contributed by atoms with Crippen LogP contribution < -0.4 is 14.4 Å². The molecule has 5 nitrogen and oxygen atoms in total. The van der Waals surface area contributed by atoms with E-state index in [9.17, 15) is 13.2 Å². The van der Waals surface area contributed by atoms with Crippen molar-refractivity contribution >= 4 is 11.5 Å². The van der Waals surface area contributed by atoms with E-state index in [1.54, 1.807) is 24.3 Å². The van der Waals surface area contributed by atoms with Gasteiger partial charge in [0.25, 0.3) is 0 Å². The summed E-state index contributed by atoms with van der Waals surface area (Å²) >= 11 is 0. The van der Waals surface area contributed by atoms with Crippen LogP contribution in [0.1, 0.15) is 25.3 Å². The van der Waals surface area contributed by atoms with Gasteiger partial charge in [-0.15, -0.1) is 0 Å². The van der Waals surface area contributed by atoms with E-state index in [4.69, 9.17) is 9.47 Å². The van der Waals surface area contributed by atoms with E-state index in [0.29, 0.717) is 18.0 Å². The molecule has 0 radical (unpaired) electrons. The predicted octanol–water partition coefficient (Wildman–Crippen LogP) is 4.45. The molecule has 0 saturated heterocycles. The average Bonchev–Trinajstić information content (AvgIpc) is 2.60. The lowest BCUT2D eigenvalue weighted by Crippen LogP contribution is -2.19. The molecular weight excluding hydrogens is 335 g/mol. The van der Waals surface area contributed by atoms with Gasteiger partial charge in [-0.1, -0.05) is 19.4 Å². The SMILES string of the molecule is CCCCOc1cccc(N(C)c2nc(OC)ncc2C(F)(F)F)c1. The van der Waals surface area contributed by atoms with E-state index in [-0.39, 0.29) is 11.8 Å². The standard InChI is InChI=1S/C17H20F3N3O2/c1-4-5-9-25-13-8-6-7-12(10-13)23(2)15-14(17(18,19)20)11-21-16(22-15)24-3/h6-8,10-11H,4-5,9H2,1-3H3. The first kappa shape index (κ1) is 18.8. The van der Waals surface area contributed by atoms with Gasteiger partial charge in [0.05, 0.1) is 13.7 Å². The highest BCUT2D eigenvalue weighted by Gasteiger charge is 2.36. The summed E-state index contributed by atoms with van der Waals surface area (Å²) in [6.45, 7) is 2.60. The monoisotopic (exact) mass is 355 g/mol. The van der Waals surface area contributed by atoms with Gasteiger partial charge in [-0.25, -0.2) is 4.98 Å². The summed E-state index contributed by atoms with van der Waals surface area (Å²) in [6, 6.07) is 6.70. The van der Waals surface area contributed by atoms with Gasteiger partial charge < -0.3 is 14.4 Å². The van der Waals surface area contributed by atoms with Crippen LogP contribution in [-0.2, 0) is 6.18 Å². The number of alkyl halides is 3. The number of halogens is 3. The molecule has 2 rings (SSSR count). The highest BCUT2D eigenvalue weighted by molar-refractivity contribution is 5.64. The molecule has 0 saturated carbocycles. The van der Waals surface area contributed by atoms with Crippen molar-refractivity contribution in [2.45, 2.75) is 25.9 Å². The number of benzene rings is 1. The summed E-state index contributed by atoms with van der Waals surface area (Å²) < 4.78 is 50.3. The van der Waals surface area contributed by atoms with Gasteiger partial charge in [-0.05, 0) is 18.6 Å².